The number of fused-ring (bicyclic) bond motifs is 2. The van der Waals surface area contributed by atoms with Gasteiger partial charge in [0.05, 0.1) is 27.0 Å². The van der Waals surface area contributed by atoms with Crippen LogP contribution in [0.15, 0.2) is 102 Å². The predicted molar refractivity (Wildman–Crippen MR) is 155 cm³/mol. The summed E-state index contributed by atoms with van der Waals surface area (Å²) >= 11 is 6.62. The first-order valence-corrected chi connectivity index (χ1v) is 14.4. The number of nitrogens with zero attached hydrogens (tertiary/aromatic N) is 5. The molecule has 2 heterocycles. The average Bonchev–Trinajstić information content (AvgIpc) is 3.33. The molecule has 2 aromatic heterocycles. The van der Waals surface area contributed by atoms with Crippen molar-refractivity contribution in [3.63, 3.8) is 0 Å². The van der Waals surface area contributed by atoms with E-state index >= 15 is 0 Å². The number of aromatic nitrogens is 4. The zero-order valence-electron chi connectivity index (χ0n) is 21.4. The van der Waals surface area contributed by atoms with E-state index in [0.717, 1.165) is 5.56 Å². The number of para-hydroxylation sites is 4. The Morgan fingerprint density at radius 2 is 1.43 bits per heavy atom. The molecule has 0 spiro atoms. The second-order valence-electron chi connectivity index (χ2n) is 9.30. The van der Waals surface area contributed by atoms with Crippen molar-refractivity contribution in [2.24, 2.45) is 0 Å². The molecule has 0 saturated carbocycles. The minimum absolute atomic E-state index is 0.168. The van der Waals surface area contributed by atoms with Crippen LogP contribution in [-0.4, -0.2) is 33.9 Å². The van der Waals surface area contributed by atoms with E-state index in [2.05, 4.69) is 4.98 Å². The zero-order chi connectivity index (χ0) is 27.9. The average molecular weight is 572 g/mol. The molecule has 200 valence electrons. The topological polar surface area (TPSA) is 81.0 Å². The monoisotopic (exact) mass is 571 g/mol. The summed E-state index contributed by atoms with van der Waals surface area (Å²) in [6, 6.07) is 27.1. The van der Waals surface area contributed by atoms with Crippen LogP contribution in [0.5, 0.6) is 0 Å². The summed E-state index contributed by atoms with van der Waals surface area (Å²) in [6.45, 7) is 2.14. The van der Waals surface area contributed by atoms with Gasteiger partial charge in [0, 0.05) is 18.7 Å². The van der Waals surface area contributed by atoms with Gasteiger partial charge in [-0.15, -0.1) is 0 Å². The number of imidazole rings is 1. The van der Waals surface area contributed by atoms with Crippen LogP contribution in [0.2, 0.25) is 5.15 Å². The molecule has 0 aliphatic heterocycles. The van der Waals surface area contributed by atoms with E-state index in [1.54, 1.807) is 59.5 Å². The van der Waals surface area contributed by atoms with E-state index in [9.17, 15) is 12.8 Å². The Morgan fingerprint density at radius 3 is 2.12 bits per heavy atom. The Labute approximate surface area is 235 Å². The summed E-state index contributed by atoms with van der Waals surface area (Å²) in [7, 11) is -3.96. The molecule has 6 aromatic rings. The van der Waals surface area contributed by atoms with Crippen molar-refractivity contribution in [3.05, 3.63) is 119 Å². The molecule has 0 bridgehead atoms. The lowest BCUT2D eigenvalue weighted by atomic mass is 10.2. The number of halogens is 2. The fourth-order valence-electron chi connectivity index (χ4n) is 4.63. The van der Waals surface area contributed by atoms with Crippen LogP contribution < -0.4 is 4.90 Å². The van der Waals surface area contributed by atoms with Crippen molar-refractivity contribution in [1.29, 1.82) is 0 Å². The van der Waals surface area contributed by atoms with Gasteiger partial charge in [-0.25, -0.2) is 31.7 Å². The van der Waals surface area contributed by atoms with Crippen molar-refractivity contribution in [2.75, 3.05) is 11.4 Å². The van der Waals surface area contributed by atoms with Gasteiger partial charge in [-0.05, 0) is 67.6 Å². The van der Waals surface area contributed by atoms with Crippen LogP contribution >= 0.6 is 11.6 Å². The molecule has 0 fully saturated rings. The molecule has 7 nitrogen and oxygen atoms in total. The lowest BCUT2D eigenvalue weighted by Crippen LogP contribution is -2.25. The number of benzene rings is 4. The van der Waals surface area contributed by atoms with Crippen molar-refractivity contribution in [1.82, 2.24) is 18.9 Å². The number of anilines is 2. The second-order valence-corrected chi connectivity index (χ2v) is 11.4. The number of aryl methyl sites for hydroxylation is 1. The highest BCUT2D eigenvalue weighted by atomic mass is 35.5. The van der Waals surface area contributed by atoms with Gasteiger partial charge in [0.25, 0.3) is 10.0 Å². The molecular weight excluding hydrogens is 549 g/mol. The third kappa shape index (κ3) is 4.78. The third-order valence-corrected chi connectivity index (χ3v) is 8.62. The molecule has 0 radical (unpaired) electrons. The number of hydrogen-bond donors (Lipinski definition) is 0. The molecule has 0 aliphatic rings. The van der Waals surface area contributed by atoms with Gasteiger partial charge < -0.3 is 4.90 Å². The van der Waals surface area contributed by atoms with E-state index in [1.165, 1.54) is 16.1 Å². The van der Waals surface area contributed by atoms with Crippen LogP contribution in [-0.2, 0) is 16.4 Å². The van der Waals surface area contributed by atoms with Gasteiger partial charge >= 0.3 is 0 Å². The maximum absolute atomic E-state index is 13.9. The molecule has 40 heavy (non-hydrogen) atoms. The fraction of sp³-hybridized carbons (Fsp3) is 0.100. The normalized spacial score (nSPS) is 11.8. The van der Waals surface area contributed by atoms with Crippen LogP contribution in [0.1, 0.15) is 11.4 Å². The Kier molecular flexibility index (Phi) is 6.69. The maximum Gasteiger partial charge on any atom is 0.269 e. The van der Waals surface area contributed by atoms with Gasteiger partial charge in [0.15, 0.2) is 11.0 Å². The lowest BCUT2D eigenvalue weighted by molar-refractivity contribution is 0.586. The molecular formula is C30H23ClFN5O2S. The molecule has 0 unspecified atom stereocenters. The van der Waals surface area contributed by atoms with Crippen molar-refractivity contribution in [2.45, 2.75) is 18.2 Å². The van der Waals surface area contributed by atoms with E-state index in [1.807, 2.05) is 37.3 Å². The first kappa shape index (κ1) is 25.9. The second kappa shape index (κ2) is 10.3. The Hall–Kier alpha value is -4.34. The standard InChI is InChI=1S/C30H23ClFN5O2S/c1-20-10-16-23(17-11-20)40(38,39)37-27-9-5-4-8-26(27)33-28(37)18-19-36(22-14-12-21(32)13-15-22)30-29(31)34-24-6-2-3-7-25(24)35-30/h2-17H,18-19H2,1H3. The smallest absolute Gasteiger partial charge is 0.269 e. The van der Waals surface area contributed by atoms with Crippen LogP contribution in [0.3, 0.4) is 0 Å². The van der Waals surface area contributed by atoms with Gasteiger partial charge in [0.2, 0.25) is 0 Å². The number of rotatable bonds is 7. The van der Waals surface area contributed by atoms with Crippen LogP contribution in [0, 0.1) is 12.7 Å². The molecule has 4 aromatic carbocycles. The molecule has 0 aliphatic carbocycles. The van der Waals surface area contributed by atoms with E-state index in [0.29, 0.717) is 39.4 Å². The summed E-state index contributed by atoms with van der Waals surface area (Å²) < 4.78 is 42.9. The van der Waals surface area contributed by atoms with Gasteiger partial charge in [-0.2, -0.15) is 0 Å². The Morgan fingerprint density at radius 1 is 0.800 bits per heavy atom. The summed E-state index contributed by atoms with van der Waals surface area (Å²) in [5.41, 5.74) is 3.90. The summed E-state index contributed by atoms with van der Waals surface area (Å²) in [5.74, 6) is 0.333. The van der Waals surface area contributed by atoms with Crippen molar-refractivity contribution in [3.8, 4) is 0 Å². The zero-order valence-corrected chi connectivity index (χ0v) is 22.9. The molecule has 0 N–H and O–H groups in total. The highest BCUT2D eigenvalue weighted by Gasteiger charge is 2.25. The van der Waals surface area contributed by atoms with Gasteiger partial charge in [0.1, 0.15) is 11.6 Å². The number of hydrogen-bond acceptors (Lipinski definition) is 6. The van der Waals surface area contributed by atoms with E-state index < -0.39 is 10.0 Å². The van der Waals surface area contributed by atoms with Gasteiger partial charge in [-0.1, -0.05) is 53.6 Å². The van der Waals surface area contributed by atoms with E-state index in [4.69, 9.17) is 21.6 Å². The maximum atomic E-state index is 13.9. The Bertz CT molecular complexity index is 1960. The summed E-state index contributed by atoms with van der Waals surface area (Å²) in [6.07, 6.45) is 0.210. The predicted octanol–water partition coefficient (Wildman–Crippen LogP) is 6.70. The summed E-state index contributed by atoms with van der Waals surface area (Å²) in [4.78, 5) is 15.9. The third-order valence-electron chi connectivity index (χ3n) is 6.61. The van der Waals surface area contributed by atoms with Crippen molar-refractivity contribution < 1.29 is 12.8 Å². The molecule has 0 atom stereocenters. The molecule has 6 rings (SSSR count). The van der Waals surface area contributed by atoms with Gasteiger partial charge in [-0.3, -0.25) is 0 Å². The molecule has 0 amide bonds. The van der Waals surface area contributed by atoms with Crippen LogP contribution in [0.4, 0.5) is 15.9 Å². The first-order valence-electron chi connectivity index (χ1n) is 12.6. The highest BCUT2D eigenvalue weighted by molar-refractivity contribution is 7.90. The fourth-order valence-corrected chi connectivity index (χ4v) is 6.38. The van der Waals surface area contributed by atoms with Crippen molar-refractivity contribution >= 4 is 55.2 Å². The first-order chi connectivity index (χ1) is 19.3. The largest absolute Gasteiger partial charge is 0.323 e. The molecule has 0 saturated heterocycles. The molecule has 10 heteroatoms. The summed E-state index contributed by atoms with van der Waals surface area (Å²) in [5, 5.41) is 0.170. The lowest BCUT2D eigenvalue weighted by Gasteiger charge is -2.25. The van der Waals surface area contributed by atoms with E-state index in [-0.39, 0.29) is 28.8 Å². The minimum atomic E-state index is -3.96. The Balaban J connectivity index is 1.45. The quantitative estimate of drug-likeness (QED) is 0.212. The highest BCUT2D eigenvalue weighted by Crippen LogP contribution is 2.32. The minimum Gasteiger partial charge on any atom is -0.323 e. The van der Waals surface area contributed by atoms with Crippen LogP contribution in [0.25, 0.3) is 22.1 Å². The SMILES string of the molecule is Cc1ccc(S(=O)(=O)n2c(CCN(c3ccc(F)cc3)c3nc4ccccc4nc3Cl)nc3ccccc32)cc1.